The smallest absolute Gasteiger partial charge is 0.342 e. The Morgan fingerprint density at radius 3 is 2.77 bits per heavy atom. The van der Waals surface area contributed by atoms with Gasteiger partial charge in [0, 0.05) is 6.92 Å². The minimum absolute atomic E-state index is 0. The van der Waals surface area contributed by atoms with Crippen LogP contribution in [0.3, 0.4) is 0 Å². The van der Waals surface area contributed by atoms with Crippen molar-refractivity contribution in [1.29, 1.82) is 0 Å². The van der Waals surface area contributed by atoms with Gasteiger partial charge in [-0.25, -0.2) is 9.55 Å². The van der Waals surface area contributed by atoms with E-state index in [1.54, 1.807) is 11.5 Å². The SMILES string of the molecule is C.CCCn1c([N+](=O)[O-])cnc1C. The van der Waals surface area contributed by atoms with Gasteiger partial charge in [-0.1, -0.05) is 14.4 Å². The molecule has 0 atom stereocenters. The monoisotopic (exact) mass is 185 g/mol. The topological polar surface area (TPSA) is 61.0 Å². The van der Waals surface area contributed by atoms with E-state index in [1.807, 2.05) is 6.92 Å². The summed E-state index contributed by atoms with van der Waals surface area (Å²) in [5.41, 5.74) is 0. The second-order valence-electron chi connectivity index (χ2n) is 2.57. The van der Waals surface area contributed by atoms with Crippen LogP contribution in [-0.2, 0) is 6.54 Å². The van der Waals surface area contributed by atoms with E-state index in [1.165, 1.54) is 6.20 Å². The van der Waals surface area contributed by atoms with Gasteiger partial charge in [-0.15, -0.1) is 0 Å². The minimum Gasteiger partial charge on any atom is -0.358 e. The van der Waals surface area contributed by atoms with E-state index in [0.717, 1.165) is 6.42 Å². The Balaban J connectivity index is 0.00000144. The molecule has 0 aliphatic heterocycles. The molecule has 0 aliphatic rings. The second kappa shape index (κ2) is 4.59. The second-order valence-corrected chi connectivity index (χ2v) is 2.57. The molecular weight excluding hydrogens is 170 g/mol. The van der Waals surface area contributed by atoms with Crippen LogP contribution in [0.2, 0.25) is 0 Å². The van der Waals surface area contributed by atoms with E-state index in [4.69, 9.17) is 0 Å². The molecule has 0 N–H and O–H groups in total. The molecule has 1 aromatic rings. The summed E-state index contributed by atoms with van der Waals surface area (Å²) in [6.07, 6.45) is 2.17. The molecule has 5 heteroatoms. The highest BCUT2D eigenvalue weighted by atomic mass is 16.6. The lowest BCUT2D eigenvalue weighted by molar-refractivity contribution is -0.392. The first kappa shape index (κ1) is 11.6. The maximum Gasteiger partial charge on any atom is 0.342 e. The van der Waals surface area contributed by atoms with Crippen LogP contribution in [0, 0.1) is 17.0 Å². The highest BCUT2D eigenvalue weighted by molar-refractivity contribution is 5.18. The summed E-state index contributed by atoms with van der Waals surface area (Å²) in [5.74, 6) is 0.776. The van der Waals surface area contributed by atoms with Crippen LogP contribution in [0.15, 0.2) is 6.20 Å². The van der Waals surface area contributed by atoms with Crippen LogP contribution >= 0.6 is 0 Å². The van der Waals surface area contributed by atoms with Crippen molar-refractivity contribution in [2.75, 3.05) is 0 Å². The van der Waals surface area contributed by atoms with Gasteiger partial charge >= 0.3 is 5.82 Å². The highest BCUT2D eigenvalue weighted by Gasteiger charge is 2.15. The fraction of sp³-hybridized carbons (Fsp3) is 0.625. The number of hydrogen-bond acceptors (Lipinski definition) is 3. The minimum atomic E-state index is -0.407. The van der Waals surface area contributed by atoms with Crippen molar-refractivity contribution >= 4 is 5.82 Å². The maximum atomic E-state index is 10.5. The zero-order chi connectivity index (χ0) is 9.14. The summed E-state index contributed by atoms with van der Waals surface area (Å²) >= 11 is 0. The van der Waals surface area contributed by atoms with Crippen LogP contribution < -0.4 is 0 Å². The summed E-state index contributed by atoms with van der Waals surface area (Å²) in [6, 6.07) is 0. The lowest BCUT2D eigenvalue weighted by atomic mass is 10.4. The number of hydrogen-bond donors (Lipinski definition) is 0. The Morgan fingerprint density at radius 1 is 1.69 bits per heavy atom. The average Bonchev–Trinajstić information content (AvgIpc) is 2.34. The fourth-order valence-electron chi connectivity index (χ4n) is 1.10. The number of aromatic nitrogens is 2. The maximum absolute atomic E-state index is 10.5. The van der Waals surface area contributed by atoms with Crippen molar-refractivity contribution in [1.82, 2.24) is 9.55 Å². The molecule has 0 amide bonds. The lowest BCUT2D eigenvalue weighted by Crippen LogP contribution is -2.03. The van der Waals surface area contributed by atoms with Crippen molar-refractivity contribution in [3.8, 4) is 0 Å². The largest absolute Gasteiger partial charge is 0.358 e. The van der Waals surface area contributed by atoms with E-state index in [0.29, 0.717) is 12.4 Å². The lowest BCUT2D eigenvalue weighted by Gasteiger charge is -1.99. The zero-order valence-corrected chi connectivity index (χ0v) is 7.15. The van der Waals surface area contributed by atoms with Gasteiger partial charge < -0.3 is 10.1 Å². The van der Waals surface area contributed by atoms with Gasteiger partial charge in [0.25, 0.3) is 0 Å². The molecule has 1 aromatic heterocycles. The first-order chi connectivity index (χ1) is 5.66. The Bertz CT molecular complexity index is 294. The van der Waals surface area contributed by atoms with E-state index in [-0.39, 0.29) is 13.2 Å². The number of aryl methyl sites for hydroxylation is 1. The number of imidazole rings is 1. The predicted molar refractivity (Wildman–Crippen MR) is 50.6 cm³/mol. The van der Waals surface area contributed by atoms with E-state index >= 15 is 0 Å². The molecule has 0 fully saturated rings. The van der Waals surface area contributed by atoms with E-state index in [9.17, 15) is 10.1 Å². The van der Waals surface area contributed by atoms with Crippen LogP contribution in [0.25, 0.3) is 0 Å². The molecule has 0 spiro atoms. The highest BCUT2D eigenvalue weighted by Crippen LogP contribution is 2.13. The third kappa shape index (κ3) is 2.27. The van der Waals surface area contributed by atoms with Crippen molar-refractivity contribution in [3.05, 3.63) is 22.1 Å². The predicted octanol–water partition coefficient (Wildman–Crippen LogP) is 2.15. The van der Waals surface area contributed by atoms with Crippen LogP contribution in [0.4, 0.5) is 5.82 Å². The molecular formula is C8H15N3O2. The van der Waals surface area contributed by atoms with E-state index in [2.05, 4.69) is 4.98 Å². The molecule has 1 heterocycles. The van der Waals surface area contributed by atoms with Gasteiger partial charge in [0.2, 0.25) is 0 Å². The standard InChI is InChI=1S/C7H11N3O2.CH4/c1-3-4-9-6(2)8-5-7(9)10(11)12;/h5H,3-4H2,1-2H3;1H4. The van der Waals surface area contributed by atoms with Gasteiger partial charge in [-0.05, 0) is 11.3 Å². The van der Waals surface area contributed by atoms with Crippen molar-refractivity contribution in [2.45, 2.75) is 34.2 Å². The first-order valence-electron chi connectivity index (χ1n) is 3.83. The molecule has 0 bridgehead atoms. The van der Waals surface area contributed by atoms with Crippen LogP contribution in [0.1, 0.15) is 26.6 Å². The molecule has 0 aromatic carbocycles. The Hall–Kier alpha value is -1.39. The van der Waals surface area contributed by atoms with E-state index < -0.39 is 4.92 Å². The Morgan fingerprint density at radius 2 is 2.31 bits per heavy atom. The number of rotatable bonds is 3. The van der Waals surface area contributed by atoms with Crippen molar-refractivity contribution in [2.24, 2.45) is 0 Å². The number of nitro groups is 1. The molecule has 0 saturated heterocycles. The molecule has 0 saturated carbocycles. The Labute approximate surface area is 77.6 Å². The molecule has 0 unspecified atom stereocenters. The summed E-state index contributed by atoms with van der Waals surface area (Å²) in [5, 5.41) is 10.5. The summed E-state index contributed by atoms with van der Waals surface area (Å²) in [6.45, 7) is 4.40. The molecule has 0 aliphatic carbocycles. The third-order valence-corrected chi connectivity index (χ3v) is 1.67. The molecule has 13 heavy (non-hydrogen) atoms. The Kier molecular flexibility index (Phi) is 4.10. The van der Waals surface area contributed by atoms with Gasteiger partial charge in [0.1, 0.15) is 6.20 Å². The summed E-state index contributed by atoms with van der Waals surface area (Å²) < 4.78 is 1.61. The summed E-state index contributed by atoms with van der Waals surface area (Å²) in [7, 11) is 0. The fourth-order valence-corrected chi connectivity index (χ4v) is 1.10. The van der Waals surface area contributed by atoms with Gasteiger partial charge in [-0.3, -0.25) is 0 Å². The average molecular weight is 185 g/mol. The third-order valence-electron chi connectivity index (χ3n) is 1.67. The van der Waals surface area contributed by atoms with Crippen molar-refractivity contribution < 1.29 is 4.92 Å². The van der Waals surface area contributed by atoms with Gasteiger partial charge in [0.05, 0.1) is 6.54 Å². The van der Waals surface area contributed by atoms with Crippen molar-refractivity contribution in [3.63, 3.8) is 0 Å². The molecule has 1 rings (SSSR count). The quantitative estimate of drug-likeness (QED) is 0.535. The van der Waals surface area contributed by atoms with Crippen LogP contribution in [-0.4, -0.2) is 14.5 Å². The van der Waals surface area contributed by atoms with Crippen LogP contribution in [0.5, 0.6) is 0 Å². The first-order valence-corrected chi connectivity index (χ1v) is 3.83. The van der Waals surface area contributed by atoms with Gasteiger partial charge in [0.15, 0.2) is 5.82 Å². The normalized spacial score (nSPS) is 9.38. The zero-order valence-electron chi connectivity index (χ0n) is 7.15. The number of nitrogens with zero attached hydrogens (tertiary/aromatic N) is 3. The molecule has 5 nitrogen and oxygen atoms in total. The molecule has 74 valence electrons. The molecule has 0 radical (unpaired) electrons. The summed E-state index contributed by atoms with van der Waals surface area (Å²) in [4.78, 5) is 13.9. The van der Waals surface area contributed by atoms with Gasteiger partial charge in [-0.2, -0.15) is 0 Å².